The molecule has 0 radical (unpaired) electrons. The van der Waals surface area contributed by atoms with Crippen LogP contribution in [0.4, 0.5) is 34.1 Å². The van der Waals surface area contributed by atoms with E-state index in [1.807, 2.05) is 0 Å². The number of nitrogens with zero attached hydrogens (tertiary/aromatic N) is 2. The lowest BCUT2D eigenvalue weighted by atomic mass is 9.33. The maximum atomic E-state index is 2.71. The van der Waals surface area contributed by atoms with E-state index in [1.54, 1.807) is 0 Å². The van der Waals surface area contributed by atoms with E-state index in [-0.39, 0.29) is 12.1 Å². The van der Waals surface area contributed by atoms with E-state index in [0.29, 0.717) is 0 Å². The standard InChI is InChI=1S/C84H57BN2/c1-82(2,3)54-46-79-81-80(47-54)87(76-45-25-17-31-56(76)53-28-8-5-9-29-53)78-49-64-62-37-15-23-43-70(62)84(67-40-20-12-34-59(67)60-35-13-21-41-68(60)84)72(64)51-74(78)85(81)73-50-71-63(48-77(73)86(79)75-44-24-16-30-55(75)52-26-6-4-7-27-52)61-36-14-22-42-69(61)83(71)65-38-18-10-32-57(65)58-33-11-19-39-66(58)83/h4-51H,1-3H3. The van der Waals surface area contributed by atoms with E-state index in [4.69, 9.17) is 0 Å². The van der Waals surface area contributed by atoms with Gasteiger partial charge in [-0.3, -0.25) is 0 Å². The van der Waals surface area contributed by atoms with Gasteiger partial charge in [0.2, 0.25) is 0 Å². The number of rotatable bonds is 4. The monoisotopic (exact) mass is 1100 g/mol. The highest BCUT2D eigenvalue weighted by Gasteiger charge is 2.56. The lowest BCUT2D eigenvalue weighted by Crippen LogP contribution is -2.62. The minimum Gasteiger partial charge on any atom is -0.311 e. The molecule has 2 spiro atoms. The third-order valence-corrected chi connectivity index (χ3v) is 20.6. The number of anilines is 6. The second-order valence-corrected chi connectivity index (χ2v) is 25.7. The third-order valence-electron chi connectivity index (χ3n) is 20.6. The molecule has 0 saturated heterocycles. The van der Waals surface area contributed by atoms with E-state index < -0.39 is 10.8 Å². The molecule has 87 heavy (non-hydrogen) atoms. The molecule has 3 heteroatoms. The van der Waals surface area contributed by atoms with Crippen LogP contribution in [-0.4, -0.2) is 6.71 Å². The van der Waals surface area contributed by atoms with Gasteiger partial charge in [0.25, 0.3) is 6.71 Å². The zero-order valence-corrected chi connectivity index (χ0v) is 48.7. The first-order valence-corrected chi connectivity index (χ1v) is 30.9. The Hall–Kier alpha value is -10.5. The van der Waals surface area contributed by atoms with Crippen LogP contribution in [0.3, 0.4) is 0 Å². The SMILES string of the molecule is CC(C)(C)c1cc2c3c(c1)N(c1ccccc1-c1ccccc1)c1cc4c(cc1B3c1cc3c(cc1N2c1ccccc1-c1ccccc1)-c1ccccc1C31c2ccccc2-c2ccccc21)C1(c2ccccc2-c2ccccc21)c1ccccc1-4. The van der Waals surface area contributed by atoms with Crippen LogP contribution >= 0.6 is 0 Å². The minimum absolute atomic E-state index is 0.204. The summed E-state index contributed by atoms with van der Waals surface area (Å²) in [6, 6.07) is 112. The largest absolute Gasteiger partial charge is 0.311 e. The Labute approximate surface area is 509 Å². The van der Waals surface area contributed by atoms with Crippen LogP contribution in [0.1, 0.15) is 70.8 Å². The number of fused-ring (bicyclic) bond motifs is 24. The second kappa shape index (κ2) is 17.6. The lowest BCUT2D eigenvalue weighted by molar-refractivity contribution is 0.590. The maximum Gasteiger partial charge on any atom is 0.252 e. The van der Waals surface area contributed by atoms with E-state index in [9.17, 15) is 0 Å². The van der Waals surface area contributed by atoms with Crippen molar-refractivity contribution in [3.63, 3.8) is 0 Å². The van der Waals surface area contributed by atoms with Gasteiger partial charge in [0.05, 0.1) is 22.2 Å². The van der Waals surface area contributed by atoms with Crippen molar-refractivity contribution in [2.45, 2.75) is 37.0 Å². The molecule has 0 unspecified atom stereocenters. The molecule has 2 heterocycles. The van der Waals surface area contributed by atoms with Gasteiger partial charge < -0.3 is 9.80 Å². The summed E-state index contributed by atoms with van der Waals surface area (Å²) in [5.41, 5.74) is 36.8. The molecule has 0 bridgehead atoms. The normalized spacial score (nSPS) is 14.7. The molecule has 0 saturated carbocycles. The first-order valence-electron chi connectivity index (χ1n) is 30.9. The average Bonchev–Trinajstić information content (AvgIpc) is 1.66. The van der Waals surface area contributed by atoms with Gasteiger partial charge in [0.15, 0.2) is 0 Å². The van der Waals surface area contributed by atoms with Crippen molar-refractivity contribution < 1.29 is 0 Å². The zero-order chi connectivity index (χ0) is 57.5. The molecule has 0 fully saturated rings. The molecular formula is C84H57BN2. The Balaban J connectivity index is 1.00. The summed E-state index contributed by atoms with van der Waals surface area (Å²) in [6.07, 6.45) is 0. The van der Waals surface area contributed by atoms with Gasteiger partial charge in [0.1, 0.15) is 0 Å². The van der Waals surface area contributed by atoms with E-state index in [0.717, 1.165) is 11.4 Å². The average molecular weight is 1110 g/mol. The highest BCUT2D eigenvalue weighted by atomic mass is 15.2. The van der Waals surface area contributed by atoms with Crippen molar-refractivity contribution in [3.8, 4) is 66.8 Å². The summed E-state index contributed by atoms with van der Waals surface area (Å²) in [5, 5.41) is 0. The molecular weight excluding hydrogens is 1050 g/mol. The molecule has 19 rings (SSSR count). The predicted molar refractivity (Wildman–Crippen MR) is 363 cm³/mol. The van der Waals surface area contributed by atoms with Gasteiger partial charge in [-0.25, -0.2) is 0 Å². The van der Waals surface area contributed by atoms with Crippen LogP contribution in [0, 0.1) is 0 Å². The highest BCUT2D eigenvalue weighted by Crippen LogP contribution is 2.66. The van der Waals surface area contributed by atoms with Gasteiger partial charge in [-0.05, 0) is 164 Å². The summed E-state index contributed by atoms with van der Waals surface area (Å²) < 4.78 is 0. The molecule has 6 aliphatic rings. The second-order valence-electron chi connectivity index (χ2n) is 25.7. The molecule has 13 aromatic carbocycles. The molecule has 2 nitrogen and oxygen atoms in total. The van der Waals surface area contributed by atoms with Crippen molar-refractivity contribution in [2.24, 2.45) is 0 Å². The number of hydrogen-bond donors (Lipinski definition) is 0. The molecule has 406 valence electrons. The van der Waals surface area contributed by atoms with Crippen LogP contribution in [0.5, 0.6) is 0 Å². The molecule has 13 aromatic rings. The summed E-state index contributed by atoms with van der Waals surface area (Å²) in [6.45, 7) is 6.96. The molecule has 2 aliphatic heterocycles. The van der Waals surface area contributed by atoms with Crippen molar-refractivity contribution in [2.75, 3.05) is 9.80 Å². The Bertz CT molecular complexity index is 4720. The molecule has 0 N–H and O–H groups in total. The van der Waals surface area contributed by atoms with Crippen LogP contribution in [-0.2, 0) is 16.2 Å². The predicted octanol–water partition coefficient (Wildman–Crippen LogP) is 19.1. The molecule has 4 aliphatic carbocycles. The Morgan fingerprint density at radius 1 is 0.253 bits per heavy atom. The van der Waals surface area contributed by atoms with Gasteiger partial charge in [0, 0.05) is 33.9 Å². The summed E-state index contributed by atoms with van der Waals surface area (Å²) in [5.74, 6) is 0. The smallest absolute Gasteiger partial charge is 0.252 e. The van der Waals surface area contributed by atoms with Crippen molar-refractivity contribution in [1.29, 1.82) is 0 Å². The highest BCUT2D eigenvalue weighted by molar-refractivity contribution is 7.00. The maximum absolute atomic E-state index is 2.71. The van der Waals surface area contributed by atoms with E-state index >= 15 is 0 Å². The van der Waals surface area contributed by atoms with Crippen molar-refractivity contribution in [1.82, 2.24) is 0 Å². The zero-order valence-electron chi connectivity index (χ0n) is 48.7. The summed E-state index contributed by atoms with van der Waals surface area (Å²) >= 11 is 0. The van der Waals surface area contributed by atoms with E-state index in [1.165, 1.54) is 156 Å². The topological polar surface area (TPSA) is 6.48 Å². The fraction of sp³-hybridized carbons (Fsp3) is 0.0714. The van der Waals surface area contributed by atoms with Gasteiger partial charge in [-0.15, -0.1) is 0 Å². The fourth-order valence-electron chi connectivity index (χ4n) is 17.2. The molecule has 0 aromatic heterocycles. The Kier molecular flexibility index (Phi) is 9.86. The van der Waals surface area contributed by atoms with Gasteiger partial charge in [-0.1, -0.05) is 276 Å². The molecule has 0 atom stereocenters. The van der Waals surface area contributed by atoms with Gasteiger partial charge >= 0.3 is 0 Å². The Morgan fingerprint density at radius 3 is 0.874 bits per heavy atom. The Morgan fingerprint density at radius 2 is 0.540 bits per heavy atom. The van der Waals surface area contributed by atoms with Crippen molar-refractivity contribution in [3.05, 3.63) is 341 Å². The number of para-hydroxylation sites is 2. The van der Waals surface area contributed by atoms with Crippen LogP contribution in [0.2, 0.25) is 0 Å². The number of benzene rings is 13. The lowest BCUT2D eigenvalue weighted by Gasteiger charge is -2.46. The molecule has 0 amide bonds. The fourth-order valence-corrected chi connectivity index (χ4v) is 17.2. The minimum atomic E-state index is -0.556. The van der Waals surface area contributed by atoms with E-state index in [2.05, 4.69) is 322 Å². The quantitative estimate of drug-likeness (QED) is 0.162. The summed E-state index contributed by atoms with van der Waals surface area (Å²) in [4.78, 5) is 5.38. The summed E-state index contributed by atoms with van der Waals surface area (Å²) in [7, 11) is 0. The first-order chi connectivity index (χ1) is 42.8. The van der Waals surface area contributed by atoms with Gasteiger partial charge in [-0.2, -0.15) is 0 Å². The van der Waals surface area contributed by atoms with Crippen LogP contribution in [0.15, 0.2) is 291 Å². The third kappa shape index (κ3) is 6.25. The van der Waals surface area contributed by atoms with Crippen LogP contribution in [0.25, 0.3) is 66.8 Å². The van der Waals surface area contributed by atoms with Crippen molar-refractivity contribution >= 4 is 57.2 Å². The number of hydrogen-bond acceptors (Lipinski definition) is 2. The van der Waals surface area contributed by atoms with Crippen LogP contribution < -0.4 is 26.2 Å². The first kappa shape index (κ1) is 48.9.